The number of anilines is 1. The highest BCUT2D eigenvalue weighted by Crippen LogP contribution is 2.28. The molecule has 0 saturated carbocycles. The molecule has 0 spiro atoms. The van der Waals surface area contributed by atoms with Crippen LogP contribution in [-0.2, 0) is 19.6 Å². The number of aryl methyl sites for hydroxylation is 1. The molecule has 1 aromatic rings. The smallest absolute Gasteiger partial charge is 0.324 e. The molecule has 1 atom stereocenters. The maximum atomic E-state index is 12.6. The molecule has 1 saturated heterocycles. The summed E-state index contributed by atoms with van der Waals surface area (Å²) in [6.07, 6.45) is 1.06. The lowest BCUT2D eigenvalue weighted by Crippen LogP contribution is -2.41. The number of hydrogen-bond donors (Lipinski definition) is 1. The lowest BCUT2D eigenvalue weighted by atomic mass is 10.2. The van der Waals surface area contributed by atoms with Crippen molar-refractivity contribution >= 4 is 21.8 Å². The Morgan fingerprint density at radius 2 is 2.20 bits per heavy atom. The number of ether oxygens (including phenoxy) is 1. The van der Waals surface area contributed by atoms with E-state index in [0.717, 1.165) is 4.31 Å². The second-order valence-electron chi connectivity index (χ2n) is 4.63. The highest BCUT2D eigenvalue weighted by Gasteiger charge is 2.41. The fourth-order valence-electron chi connectivity index (χ4n) is 2.31. The Bertz CT molecular complexity index is 630. The van der Waals surface area contributed by atoms with E-state index in [2.05, 4.69) is 9.72 Å². The molecule has 1 aliphatic heterocycles. The number of nitrogens with two attached hydrogens (primary N) is 1. The van der Waals surface area contributed by atoms with Crippen molar-refractivity contribution in [3.05, 3.63) is 17.8 Å². The Balaban J connectivity index is 2.41. The zero-order valence-corrected chi connectivity index (χ0v) is 12.2. The van der Waals surface area contributed by atoms with Crippen LogP contribution >= 0.6 is 0 Å². The third-order valence-corrected chi connectivity index (χ3v) is 5.24. The molecular formula is C12H17N3O4S. The minimum Gasteiger partial charge on any atom is -0.468 e. The first kappa shape index (κ1) is 14.7. The Morgan fingerprint density at radius 1 is 1.50 bits per heavy atom. The third kappa shape index (κ3) is 2.48. The summed E-state index contributed by atoms with van der Waals surface area (Å²) in [5.41, 5.74) is 6.33. The molecule has 1 aliphatic rings. The number of carbonyl (C=O) groups excluding carboxylic acids is 1. The van der Waals surface area contributed by atoms with Gasteiger partial charge in [0.25, 0.3) is 0 Å². The van der Waals surface area contributed by atoms with Gasteiger partial charge >= 0.3 is 5.97 Å². The molecule has 20 heavy (non-hydrogen) atoms. The molecule has 2 heterocycles. The van der Waals surface area contributed by atoms with Crippen molar-refractivity contribution in [2.24, 2.45) is 0 Å². The molecule has 2 N–H and O–H groups in total. The minimum atomic E-state index is -3.85. The molecule has 2 rings (SSSR count). The van der Waals surface area contributed by atoms with Gasteiger partial charge in [0.2, 0.25) is 10.0 Å². The molecule has 0 unspecified atom stereocenters. The van der Waals surface area contributed by atoms with Crippen LogP contribution in [0.3, 0.4) is 0 Å². The number of nitrogens with zero attached hydrogens (tertiary/aromatic N) is 2. The van der Waals surface area contributed by atoms with Gasteiger partial charge in [0, 0.05) is 12.2 Å². The van der Waals surface area contributed by atoms with E-state index in [9.17, 15) is 13.2 Å². The van der Waals surface area contributed by atoms with Crippen LogP contribution in [0.1, 0.15) is 18.5 Å². The molecule has 0 amide bonds. The summed E-state index contributed by atoms with van der Waals surface area (Å²) in [5, 5.41) is 0. The predicted molar refractivity (Wildman–Crippen MR) is 72.3 cm³/mol. The summed E-state index contributed by atoms with van der Waals surface area (Å²) < 4.78 is 31.0. The van der Waals surface area contributed by atoms with Crippen LogP contribution in [0.2, 0.25) is 0 Å². The topological polar surface area (TPSA) is 103 Å². The monoisotopic (exact) mass is 299 g/mol. The molecule has 110 valence electrons. The number of nitrogen functional groups attached to an aromatic ring is 1. The Kier molecular flexibility index (Phi) is 3.96. The van der Waals surface area contributed by atoms with Gasteiger partial charge in [-0.2, -0.15) is 4.31 Å². The first-order chi connectivity index (χ1) is 9.37. The van der Waals surface area contributed by atoms with Gasteiger partial charge in [-0.3, -0.25) is 4.79 Å². The fraction of sp³-hybridized carbons (Fsp3) is 0.500. The lowest BCUT2D eigenvalue weighted by Gasteiger charge is -2.22. The standard InChI is InChI=1S/C12H17N3O4S/c1-8-5-6-10(11(13)14-8)20(17,18)15-7-3-4-9(15)12(16)19-2/h5-6,9H,3-4,7H2,1-2H3,(H2,13,14)/t9-/m0/s1. The molecular weight excluding hydrogens is 282 g/mol. The van der Waals surface area contributed by atoms with E-state index in [-0.39, 0.29) is 17.3 Å². The molecule has 0 aliphatic carbocycles. The summed E-state index contributed by atoms with van der Waals surface area (Å²) >= 11 is 0. The van der Waals surface area contributed by atoms with Crippen LogP contribution in [0.15, 0.2) is 17.0 Å². The largest absolute Gasteiger partial charge is 0.468 e. The maximum absolute atomic E-state index is 12.6. The van der Waals surface area contributed by atoms with E-state index >= 15 is 0 Å². The van der Waals surface area contributed by atoms with Crippen LogP contribution in [0, 0.1) is 6.92 Å². The van der Waals surface area contributed by atoms with Gasteiger partial charge in [0.05, 0.1) is 7.11 Å². The van der Waals surface area contributed by atoms with Crippen molar-refractivity contribution in [1.82, 2.24) is 9.29 Å². The summed E-state index contributed by atoms with van der Waals surface area (Å²) in [6.45, 7) is 2.00. The SMILES string of the molecule is COC(=O)[C@@H]1CCCN1S(=O)(=O)c1ccc(C)nc1N. The lowest BCUT2D eigenvalue weighted by molar-refractivity contribution is -0.144. The number of esters is 1. The van der Waals surface area contributed by atoms with E-state index in [1.54, 1.807) is 13.0 Å². The second kappa shape index (κ2) is 5.37. The predicted octanol–water partition coefficient (Wildman–Crippen LogP) is 0.298. The van der Waals surface area contributed by atoms with E-state index in [1.807, 2.05) is 0 Å². The summed E-state index contributed by atoms with van der Waals surface area (Å²) in [6, 6.07) is 2.21. The van der Waals surface area contributed by atoms with Crippen molar-refractivity contribution < 1.29 is 17.9 Å². The first-order valence-corrected chi connectivity index (χ1v) is 7.64. The zero-order valence-electron chi connectivity index (χ0n) is 11.4. The van der Waals surface area contributed by atoms with Crippen LogP contribution in [0.5, 0.6) is 0 Å². The van der Waals surface area contributed by atoms with E-state index in [0.29, 0.717) is 18.5 Å². The van der Waals surface area contributed by atoms with Crippen molar-refractivity contribution in [3.8, 4) is 0 Å². The van der Waals surface area contributed by atoms with Gasteiger partial charge in [-0.1, -0.05) is 0 Å². The van der Waals surface area contributed by atoms with Gasteiger partial charge in [-0.05, 0) is 31.9 Å². The summed E-state index contributed by atoms with van der Waals surface area (Å²) in [4.78, 5) is 15.6. The number of aromatic nitrogens is 1. The molecule has 8 heteroatoms. The molecule has 0 radical (unpaired) electrons. The van der Waals surface area contributed by atoms with Crippen molar-refractivity contribution in [3.63, 3.8) is 0 Å². The van der Waals surface area contributed by atoms with Gasteiger partial charge in [-0.25, -0.2) is 13.4 Å². The fourth-order valence-corrected chi connectivity index (χ4v) is 4.01. The number of methoxy groups -OCH3 is 1. The highest BCUT2D eigenvalue weighted by molar-refractivity contribution is 7.89. The van der Waals surface area contributed by atoms with Gasteiger partial charge in [0.15, 0.2) is 0 Å². The average Bonchev–Trinajstić information content (AvgIpc) is 2.87. The quantitative estimate of drug-likeness (QED) is 0.805. The van der Waals surface area contributed by atoms with Crippen molar-refractivity contribution in [2.75, 3.05) is 19.4 Å². The Morgan fingerprint density at radius 3 is 2.80 bits per heavy atom. The molecule has 1 aromatic heterocycles. The van der Waals surface area contributed by atoms with E-state index in [4.69, 9.17) is 5.73 Å². The average molecular weight is 299 g/mol. The number of pyridine rings is 1. The van der Waals surface area contributed by atoms with Gasteiger partial charge in [0.1, 0.15) is 16.8 Å². The van der Waals surface area contributed by atoms with Crippen molar-refractivity contribution in [2.45, 2.75) is 30.7 Å². The van der Waals surface area contributed by atoms with Gasteiger partial charge < -0.3 is 10.5 Å². The summed E-state index contributed by atoms with van der Waals surface area (Å²) in [7, 11) is -2.60. The van der Waals surface area contributed by atoms with Crippen LogP contribution in [0.25, 0.3) is 0 Å². The number of sulfonamides is 1. The zero-order chi connectivity index (χ0) is 14.9. The van der Waals surface area contributed by atoms with E-state index < -0.39 is 22.0 Å². The number of hydrogen-bond acceptors (Lipinski definition) is 6. The third-order valence-electron chi connectivity index (χ3n) is 3.29. The molecule has 0 bridgehead atoms. The molecule has 0 aromatic carbocycles. The number of carbonyl (C=O) groups is 1. The molecule has 1 fully saturated rings. The van der Waals surface area contributed by atoms with E-state index in [1.165, 1.54) is 13.2 Å². The highest BCUT2D eigenvalue weighted by atomic mass is 32.2. The van der Waals surface area contributed by atoms with Crippen LogP contribution in [-0.4, -0.2) is 43.4 Å². The number of rotatable bonds is 3. The van der Waals surface area contributed by atoms with Crippen LogP contribution < -0.4 is 5.73 Å². The van der Waals surface area contributed by atoms with Crippen molar-refractivity contribution in [1.29, 1.82) is 0 Å². The summed E-state index contributed by atoms with van der Waals surface area (Å²) in [5.74, 6) is -0.606. The Labute approximate surface area is 117 Å². The first-order valence-electron chi connectivity index (χ1n) is 6.20. The van der Waals surface area contributed by atoms with Crippen LogP contribution in [0.4, 0.5) is 5.82 Å². The second-order valence-corrected chi connectivity index (χ2v) is 6.49. The molecule has 7 nitrogen and oxygen atoms in total. The normalized spacial score (nSPS) is 20.0. The minimum absolute atomic E-state index is 0.0551. The Hall–Kier alpha value is -1.67. The maximum Gasteiger partial charge on any atom is 0.324 e. The van der Waals surface area contributed by atoms with Gasteiger partial charge in [-0.15, -0.1) is 0 Å².